The summed E-state index contributed by atoms with van der Waals surface area (Å²) >= 11 is 12.1. The number of hydrogen-bond donors (Lipinski definition) is 2. The van der Waals surface area contributed by atoms with Crippen molar-refractivity contribution in [3.63, 3.8) is 0 Å². The Bertz CT molecular complexity index is 1400. The maximum atomic E-state index is 12.3. The standard InChI is InChI=1S/C20H17Cl2N3O4S/c1-24(30(2,28)29)18-14-4-3-5-23-17(14)19(26)16-15(18)10-25(20(16)27)9-11-6-12(21)8-13(22)7-11/h3-8,10,26-27H,9H2,1-2H3. The molecule has 0 atom stereocenters. The van der Waals surface area contributed by atoms with Crippen LogP contribution in [0, 0.1) is 0 Å². The van der Waals surface area contributed by atoms with E-state index >= 15 is 0 Å². The Hall–Kier alpha value is -2.68. The van der Waals surface area contributed by atoms with E-state index in [1.54, 1.807) is 36.5 Å². The number of fused-ring (bicyclic) bond motifs is 2. The Labute approximate surface area is 182 Å². The Morgan fingerprint density at radius 1 is 1.13 bits per heavy atom. The van der Waals surface area contributed by atoms with Crippen LogP contribution in [0.2, 0.25) is 10.0 Å². The molecule has 0 bridgehead atoms. The van der Waals surface area contributed by atoms with Crippen molar-refractivity contribution in [2.45, 2.75) is 6.54 Å². The minimum absolute atomic E-state index is 0.111. The van der Waals surface area contributed by atoms with Crippen molar-refractivity contribution in [2.75, 3.05) is 17.6 Å². The van der Waals surface area contributed by atoms with Crippen LogP contribution >= 0.6 is 23.2 Å². The van der Waals surface area contributed by atoms with E-state index in [0.717, 1.165) is 16.1 Å². The number of halogens is 2. The van der Waals surface area contributed by atoms with E-state index in [1.807, 2.05) is 0 Å². The highest BCUT2D eigenvalue weighted by atomic mass is 35.5. The molecule has 0 radical (unpaired) electrons. The fraction of sp³-hybridized carbons (Fsp3) is 0.150. The molecule has 0 aliphatic carbocycles. The van der Waals surface area contributed by atoms with E-state index in [4.69, 9.17) is 23.2 Å². The molecule has 0 saturated heterocycles. The van der Waals surface area contributed by atoms with Crippen molar-refractivity contribution in [1.29, 1.82) is 0 Å². The Kier molecular flexibility index (Phi) is 4.96. The van der Waals surface area contributed by atoms with Gasteiger partial charge in [0.15, 0.2) is 5.75 Å². The van der Waals surface area contributed by atoms with Gasteiger partial charge in [0.05, 0.1) is 23.9 Å². The third kappa shape index (κ3) is 3.40. The predicted molar refractivity (Wildman–Crippen MR) is 119 cm³/mol. The summed E-state index contributed by atoms with van der Waals surface area (Å²) in [5.41, 5.74) is 1.23. The monoisotopic (exact) mass is 465 g/mol. The van der Waals surface area contributed by atoms with Crippen LogP contribution < -0.4 is 4.31 Å². The number of benzene rings is 2. The number of anilines is 1. The second-order valence-electron chi connectivity index (χ2n) is 6.97. The summed E-state index contributed by atoms with van der Waals surface area (Å²) < 4.78 is 27.2. The highest BCUT2D eigenvalue weighted by Crippen LogP contribution is 2.46. The molecule has 4 rings (SSSR count). The lowest BCUT2D eigenvalue weighted by atomic mass is 10.1. The summed E-state index contributed by atoms with van der Waals surface area (Å²) in [5.74, 6) is -0.457. The van der Waals surface area contributed by atoms with E-state index in [-0.39, 0.29) is 29.1 Å². The van der Waals surface area contributed by atoms with Gasteiger partial charge in [-0.1, -0.05) is 23.2 Å². The summed E-state index contributed by atoms with van der Waals surface area (Å²) in [5, 5.41) is 23.5. The smallest absolute Gasteiger partial charge is 0.232 e. The lowest BCUT2D eigenvalue weighted by molar-refractivity contribution is 0.425. The average Bonchev–Trinajstić information content (AvgIpc) is 2.96. The maximum absolute atomic E-state index is 12.3. The molecule has 2 heterocycles. The highest BCUT2D eigenvalue weighted by molar-refractivity contribution is 7.92. The van der Waals surface area contributed by atoms with Crippen molar-refractivity contribution in [3.8, 4) is 11.6 Å². The van der Waals surface area contributed by atoms with Crippen molar-refractivity contribution >= 4 is 60.6 Å². The van der Waals surface area contributed by atoms with E-state index in [0.29, 0.717) is 26.5 Å². The molecule has 2 aromatic carbocycles. The highest BCUT2D eigenvalue weighted by Gasteiger charge is 2.25. The van der Waals surface area contributed by atoms with Crippen molar-refractivity contribution < 1.29 is 18.6 Å². The molecule has 30 heavy (non-hydrogen) atoms. The Morgan fingerprint density at radius 3 is 2.43 bits per heavy atom. The number of pyridine rings is 1. The predicted octanol–water partition coefficient (Wildman–Crippen LogP) is 4.35. The lowest BCUT2D eigenvalue weighted by Gasteiger charge is -2.20. The number of aromatic hydroxyl groups is 2. The second-order valence-corrected chi connectivity index (χ2v) is 9.86. The first kappa shape index (κ1) is 20.6. The number of phenols is 1. The quantitative estimate of drug-likeness (QED) is 0.466. The normalized spacial score (nSPS) is 12.0. The molecule has 0 saturated carbocycles. The van der Waals surface area contributed by atoms with Gasteiger partial charge in [-0.15, -0.1) is 0 Å². The van der Waals surface area contributed by atoms with Crippen LogP contribution in [0.3, 0.4) is 0 Å². The van der Waals surface area contributed by atoms with Gasteiger partial charge in [-0.05, 0) is 35.9 Å². The van der Waals surface area contributed by atoms with Crippen LogP contribution in [-0.4, -0.2) is 41.5 Å². The molecule has 0 aliphatic rings. The number of sulfonamides is 1. The van der Waals surface area contributed by atoms with Gasteiger partial charge in [-0.25, -0.2) is 8.42 Å². The van der Waals surface area contributed by atoms with Crippen LogP contribution in [0.15, 0.2) is 42.7 Å². The molecular weight excluding hydrogens is 449 g/mol. The van der Waals surface area contributed by atoms with Gasteiger partial charge in [0, 0.05) is 40.3 Å². The summed E-state index contributed by atoms with van der Waals surface area (Å²) in [6.45, 7) is 0.200. The van der Waals surface area contributed by atoms with Crippen molar-refractivity contribution in [1.82, 2.24) is 9.55 Å². The van der Waals surface area contributed by atoms with Gasteiger partial charge in [0.2, 0.25) is 15.9 Å². The zero-order valence-electron chi connectivity index (χ0n) is 16.0. The van der Waals surface area contributed by atoms with Gasteiger partial charge in [0.25, 0.3) is 0 Å². The van der Waals surface area contributed by atoms with E-state index in [2.05, 4.69) is 4.98 Å². The molecule has 0 aliphatic heterocycles. The maximum Gasteiger partial charge on any atom is 0.232 e. The number of phenolic OH excluding ortho intramolecular Hbond substituents is 1. The van der Waals surface area contributed by atoms with Crippen LogP contribution in [0.1, 0.15) is 5.56 Å². The van der Waals surface area contributed by atoms with Gasteiger partial charge in [-0.3, -0.25) is 9.29 Å². The first-order valence-corrected chi connectivity index (χ1v) is 11.4. The molecule has 4 aromatic rings. The first-order chi connectivity index (χ1) is 14.1. The molecular formula is C20H17Cl2N3O4S. The first-order valence-electron chi connectivity index (χ1n) is 8.78. The molecule has 156 valence electrons. The summed E-state index contributed by atoms with van der Waals surface area (Å²) in [4.78, 5) is 4.19. The molecule has 7 nitrogen and oxygen atoms in total. The average molecular weight is 466 g/mol. The van der Waals surface area contributed by atoms with Crippen LogP contribution in [0.4, 0.5) is 5.69 Å². The van der Waals surface area contributed by atoms with Gasteiger partial charge < -0.3 is 14.8 Å². The zero-order chi connectivity index (χ0) is 21.8. The van der Waals surface area contributed by atoms with Crippen molar-refractivity contribution in [3.05, 3.63) is 58.3 Å². The minimum atomic E-state index is -3.63. The topological polar surface area (TPSA) is 95.7 Å². The van der Waals surface area contributed by atoms with Gasteiger partial charge in [0.1, 0.15) is 5.52 Å². The number of rotatable bonds is 4. The van der Waals surface area contributed by atoms with Gasteiger partial charge in [-0.2, -0.15) is 0 Å². The largest absolute Gasteiger partial charge is 0.505 e. The Morgan fingerprint density at radius 2 is 1.80 bits per heavy atom. The van der Waals surface area contributed by atoms with E-state index in [9.17, 15) is 18.6 Å². The fourth-order valence-electron chi connectivity index (χ4n) is 3.53. The van der Waals surface area contributed by atoms with Crippen LogP contribution in [0.5, 0.6) is 11.6 Å². The summed E-state index contributed by atoms with van der Waals surface area (Å²) in [6.07, 6.45) is 4.15. The molecule has 0 fully saturated rings. The zero-order valence-corrected chi connectivity index (χ0v) is 18.3. The third-order valence-corrected chi connectivity index (χ3v) is 6.53. The van der Waals surface area contributed by atoms with Crippen molar-refractivity contribution in [2.24, 2.45) is 0 Å². The lowest BCUT2D eigenvalue weighted by Crippen LogP contribution is -2.25. The number of hydrogen-bond acceptors (Lipinski definition) is 5. The number of nitrogens with zero attached hydrogens (tertiary/aromatic N) is 3. The van der Waals surface area contributed by atoms with Crippen LogP contribution in [0.25, 0.3) is 21.7 Å². The molecule has 2 aromatic heterocycles. The van der Waals surface area contributed by atoms with E-state index < -0.39 is 10.0 Å². The number of aromatic nitrogens is 2. The molecule has 0 amide bonds. The Balaban J connectivity index is 2.04. The molecule has 0 unspecified atom stereocenters. The van der Waals surface area contributed by atoms with Gasteiger partial charge >= 0.3 is 0 Å². The summed E-state index contributed by atoms with van der Waals surface area (Å²) in [7, 11) is -2.21. The molecule has 10 heteroatoms. The second kappa shape index (κ2) is 7.23. The fourth-order valence-corrected chi connectivity index (χ4v) is 4.63. The molecule has 0 spiro atoms. The third-order valence-electron chi connectivity index (χ3n) is 4.92. The molecule has 2 N–H and O–H groups in total. The SMILES string of the molecule is CN(c1c2cccnc2c(O)c2c(O)n(Cc3cc(Cl)cc(Cl)c3)cc12)S(C)(=O)=O. The summed E-state index contributed by atoms with van der Waals surface area (Å²) in [6, 6.07) is 8.34. The minimum Gasteiger partial charge on any atom is -0.505 e. The van der Waals surface area contributed by atoms with Crippen LogP contribution in [-0.2, 0) is 16.6 Å². The van der Waals surface area contributed by atoms with E-state index in [1.165, 1.54) is 17.8 Å².